The number of thiophene rings is 1. The average molecular weight is 366 g/mol. The van der Waals surface area contributed by atoms with Crippen molar-refractivity contribution < 1.29 is 4.79 Å². The maximum atomic E-state index is 12.1. The molecule has 0 aliphatic carbocycles. The molecular weight excluding hydrogens is 358 g/mol. The number of nitrogens with zero attached hydrogens (tertiary/aromatic N) is 2. The minimum Gasteiger partial charge on any atom is -0.297 e. The quantitative estimate of drug-likeness (QED) is 0.753. The van der Waals surface area contributed by atoms with Crippen LogP contribution in [0.4, 0.5) is 5.13 Å². The van der Waals surface area contributed by atoms with Crippen LogP contribution in [0.3, 0.4) is 0 Å². The monoisotopic (exact) mass is 365 g/mol. The number of nitrogens with one attached hydrogen (secondary N) is 1. The van der Waals surface area contributed by atoms with E-state index in [1.807, 2.05) is 35.7 Å². The van der Waals surface area contributed by atoms with Crippen molar-refractivity contribution in [3.8, 4) is 10.7 Å². The largest absolute Gasteiger partial charge is 0.297 e. The molecule has 100 valence electrons. The van der Waals surface area contributed by atoms with E-state index < -0.39 is 0 Å². The molecule has 0 saturated carbocycles. The van der Waals surface area contributed by atoms with E-state index in [0.717, 1.165) is 9.35 Å². The van der Waals surface area contributed by atoms with E-state index in [0.29, 0.717) is 16.5 Å². The minimum atomic E-state index is -0.202. The van der Waals surface area contributed by atoms with Crippen molar-refractivity contribution in [3.05, 3.63) is 51.8 Å². The van der Waals surface area contributed by atoms with Crippen molar-refractivity contribution >= 4 is 49.8 Å². The molecule has 0 atom stereocenters. The van der Waals surface area contributed by atoms with Crippen LogP contribution in [-0.4, -0.2) is 15.3 Å². The van der Waals surface area contributed by atoms with Crippen molar-refractivity contribution in [2.45, 2.75) is 0 Å². The molecule has 0 unspecified atom stereocenters. The summed E-state index contributed by atoms with van der Waals surface area (Å²) in [5.41, 5.74) is 0.570. The highest BCUT2D eigenvalue weighted by atomic mass is 79.9. The van der Waals surface area contributed by atoms with Crippen molar-refractivity contribution in [1.82, 2.24) is 9.36 Å². The molecule has 1 amide bonds. The molecule has 0 saturated heterocycles. The van der Waals surface area contributed by atoms with Crippen molar-refractivity contribution in [2.24, 2.45) is 0 Å². The first-order valence-electron chi connectivity index (χ1n) is 5.67. The Morgan fingerprint density at radius 2 is 2.05 bits per heavy atom. The van der Waals surface area contributed by atoms with E-state index in [1.165, 1.54) is 11.5 Å². The fourth-order valence-electron chi connectivity index (χ4n) is 1.59. The second kappa shape index (κ2) is 5.82. The molecule has 1 N–H and O–H groups in total. The number of aromatic nitrogens is 2. The standard InChI is InChI=1S/C13H8BrN3OS2/c14-9-5-2-1-4-8(9)12(18)16-13-15-11(17-20-13)10-6-3-7-19-10/h1-7H,(H,15,16,17,18). The van der Waals surface area contributed by atoms with Crippen LogP contribution in [0, 0.1) is 0 Å². The first kappa shape index (κ1) is 13.4. The van der Waals surface area contributed by atoms with E-state index in [2.05, 4.69) is 30.6 Å². The van der Waals surface area contributed by atoms with E-state index in [9.17, 15) is 4.79 Å². The Labute approximate surface area is 131 Å². The van der Waals surface area contributed by atoms with Gasteiger partial charge < -0.3 is 0 Å². The van der Waals surface area contributed by atoms with Crippen LogP contribution in [0.5, 0.6) is 0 Å². The molecule has 3 aromatic rings. The number of anilines is 1. The first-order chi connectivity index (χ1) is 9.74. The predicted molar refractivity (Wildman–Crippen MR) is 85.3 cm³/mol. The zero-order chi connectivity index (χ0) is 13.9. The summed E-state index contributed by atoms with van der Waals surface area (Å²) in [4.78, 5) is 17.4. The topological polar surface area (TPSA) is 54.9 Å². The molecule has 0 radical (unpaired) electrons. The van der Waals surface area contributed by atoms with Gasteiger partial charge in [0.05, 0.1) is 10.4 Å². The molecule has 1 aromatic carbocycles. The number of rotatable bonds is 3. The summed E-state index contributed by atoms with van der Waals surface area (Å²) < 4.78 is 4.99. The summed E-state index contributed by atoms with van der Waals surface area (Å²) in [5, 5.41) is 5.22. The highest BCUT2D eigenvalue weighted by molar-refractivity contribution is 9.10. The number of benzene rings is 1. The molecule has 3 rings (SSSR count). The fourth-order valence-corrected chi connectivity index (χ4v) is 3.35. The lowest BCUT2D eigenvalue weighted by molar-refractivity contribution is 0.102. The maximum absolute atomic E-state index is 12.1. The number of halogens is 1. The Hall–Kier alpha value is -1.57. The Balaban J connectivity index is 1.79. The van der Waals surface area contributed by atoms with Crippen LogP contribution in [0.1, 0.15) is 10.4 Å². The van der Waals surface area contributed by atoms with Gasteiger partial charge in [0.25, 0.3) is 5.91 Å². The summed E-state index contributed by atoms with van der Waals surface area (Å²) in [7, 11) is 0. The smallest absolute Gasteiger partial charge is 0.258 e. The second-order valence-corrected chi connectivity index (χ2v) is 6.39. The van der Waals surface area contributed by atoms with Crippen LogP contribution in [-0.2, 0) is 0 Å². The SMILES string of the molecule is O=C(Nc1nc(-c2cccs2)ns1)c1ccccc1Br. The van der Waals surface area contributed by atoms with Gasteiger partial charge in [-0.05, 0) is 39.5 Å². The normalized spacial score (nSPS) is 10.4. The van der Waals surface area contributed by atoms with Gasteiger partial charge in [-0.1, -0.05) is 18.2 Å². The van der Waals surface area contributed by atoms with Gasteiger partial charge in [-0.15, -0.1) is 11.3 Å². The van der Waals surface area contributed by atoms with Crippen molar-refractivity contribution in [2.75, 3.05) is 5.32 Å². The Bertz CT molecular complexity index is 740. The molecule has 0 spiro atoms. The van der Waals surface area contributed by atoms with Gasteiger partial charge in [-0.3, -0.25) is 10.1 Å². The first-order valence-corrected chi connectivity index (χ1v) is 8.12. The molecular formula is C13H8BrN3OS2. The van der Waals surface area contributed by atoms with E-state index >= 15 is 0 Å². The number of carbonyl (C=O) groups is 1. The lowest BCUT2D eigenvalue weighted by atomic mass is 10.2. The summed E-state index contributed by atoms with van der Waals surface area (Å²) in [5.74, 6) is 0.443. The number of hydrogen-bond donors (Lipinski definition) is 1. The summed E-state index contributed by atoms with van der Waals surface area (Å²) in [6, 6.07) is 11.1. The van der Waals surface area contributed by atoms with Gasteiger partial charge in [0, 0.05) is 16.0 Å². The lowest BCUT2D eigenvalue weighted by Crippen LogP contribution is -2.12. The second-order valence-electron chi connectivity index (χ2n) is 3.83. The van der Waals surface area contributed by atoms with Gasteiger partial charge in [0.1, 0.15) is 0 Å². The Kier molecular flexibility index (Phi) is 3.90. The maximum Gasteiger partial charge on any atom is 0.258 e. The third-order valence-corrected chi connectivity index (χ3v) is 4.69. The van der Waals surface area contributed by atoms with Gasteiger partial charge in [-0.25, -0.2) is 0 Å². The van der Waals surface area contributed by atoms with Crippen molar-refractivity contribution in [1.29, 1.82) is 0 Å². The zero-order valence-electron chi connectivity index (χ0n) is 10.0. The molecule has 20 heavy (non-hydrogen) atoms. The lowest BCUT2D eigenvalue weighted by Gasteiger charge is -2.02. The molecule has 0 bridgehead atoms. The molecule has 2 heterocycles. The van der Waals surface area contributed by atoms with Crippen LogP contribution < -0.4 is 5.32 Å². The molecule has 0 fully saturated rings. The third kappa shape index (κ3) is 2.79. The molecule has 0 aliphatic heterocycles. The van der Waals surface area contributed by atoms with Gasteiger partial charge >= 0.3 is 0 Å². The van der Waals surface area contributed by atoms with Crippen LogP contribution in [0.25, 0.3) is 10.7 Å². The molecule has 2 aromatic heterocycles. The zero-order valence-corrected chi connectivity index (χ0v) is 13.3. The van der Waals surface area contributed by atoms with Crippen molar-refractivity contribution in [3.63, 3.8) is 0 Å². The highest BCUT2D eigenvalue weighted by Crippen LogP contribution is 2.25. The highest BCUT2D eigenvalue weighted by Gasteiger charge is 2.13. The number of hydrogen-bond acceptors (Lipinski definition) is 5. The Morgan fingerprint density at radius 1 is 1.20 bits per heavy atom. The fraction of sp³-hybridized carbons (Fsp3) is 0. The Morgan fingerprint density at radius 3 is 2.80 bits per heavy atom. The van der Waals surface area contributed by atoms with Crippen LogP contribution in [0.2, 0.25) is 0 Å². The number of amides is 1. The van der Waals surface area contributed by atoms with Crippen LogP contribution >= 0.6 is 38.8 Å². The summed E-state index contributed by atoms with van der Waals surface area (Å²) in [6.45, 7) is 0. The van der Waals surface area contributed by atoms with E-state index in [4.69, 9.17) is 0 Å². The van der Waals surface area contributed by atoms with E-state index in [1.54, 1.807) is 17.4 Å². The predicted octanol–water partition coefficient (Wildman–Crippen LogP) is 4.28. The summed E-state index contributed by atoms with van der Waals surface area (Å²) in [6.07, 6.45) is 0. The van der Waals surface area contributed by atoms with Gasteiger partial charge in [0.15, 0.2) is 5.82 Å². The summed E-state index contributed by atoms with van der Waals surface area (Å²) >= 11 is 6.10. The minimum absolute atomic E-state index is 0.202. The van der Waals surface area contributed by atoms with Gasteiger partial charge in [-0.2, -0.15) is 9.36 Å². The third-order valence-electron chi connectivity index (χ3n) is 2.51. The number of carbonyl (C=O) groups excluding carboxylic acids is 1. The van der Waals surface area contributed by atoms with E-state index in [-0.39, 0.29) is 5.91 Å². The molecule has 7 heteroatoms. The molecule has 0 aliphatic rings. The van der Waals surface area contributed by atoms with Crippen LogP contribution in [0.15, 0.2) is 46.3 Å². The molecule has 4 nitrogen and oxygen atoms in total. The average Bonchev–Trinajstić information content (AvgIpc) is 3.09. The van der Waals surface area contributed by atoms with Gasteiger partial charge in [0.2, 0.25) is 5.13 Å².